The molecule has 3 heterocycles. The fraction of sp³-hybridized carbons (Fsp3) is 0.278. The zero-order valence-corrected chi connectivity index (χ0v) is 14.4. The first kappa shape index (κ1) is 15.9. The highest BCUT2D eigenvalue weighted by Gasteiger charge is 2.34. The highest BCUT2D eigenvalue weighted by molar-refractivity contribution is 6.33. The van der Waals surface area contributed by atoms with Crippen LogP contribution in [-0.2, 0) is 0 Å². The standard InChI is InChI=1S/C18H16ClN3O3/c1-11-9-17(25-20-11)15-7-4-8-22(15)18(23)14-10-16(24-21-14)12-5-2-3-6-13(12)19/h2-3,5-6,9-10,15H,4,7-8H2,1H3. The Morgan fingerprint density at radius 2 is 2.08 bits per heavy atom. The van der Waals surface area contributed by atoms with E-state index in [1.807, 2.05) is 31.2 Å². The molecule has 1 aromatic carbocycles. The molecular formula is C18H16ClN3O3. The average Bonchev–Trinajstić information content (AvgIpc) is 3.34. The minimum absolute atomic E-state index is 0.117. The molecular weight excluding hydrogens is 342 g/mol. The van der Waals surface area contributed by atoms with Gasteiger partial charge in [0.15, 0.2) is 17.2 Å². The Balaban J connectivity index is 1.60. The van der Waals surface area contributed by atoms with Crippen LogP contribution in [0.25, 0.3) is 11.3 Å². The van der Waals surface area contributed by atoms with Gasteiger partial charge in [-0.2, -0.15) is 0 Å². The average molecular weight is 358 g/mol. The Morgan fingerprint density at radius 1 is 1.24 bits per heavy atom. The molecule has 6 nitrogen and oxygen atoms in total. The Bertz CT molecular complexity index is 918. The van der Waals surface area contributed by atoms with Gasteiger partial charge in [-0.05, 0) is 31.9 Å². The number of nitrogens with zero attached hydrogens (tertiary/aromatic N) is 3. The van der Waals surface area contributed by atoms with Crippen molar-refractivity contribution in [2.45, 2.75) is 25.8 Å². The van der Waals surface area contributed by atoms with E-state index in [1.54, 1.807) is 17.0 Å². The van der Waals surface area contributed by atoms with Crippen molar-refractivity contribution < 1.29 is 13.8 Å². The second-order valence-corrected chi connectivity index (χ2v) is 6.49. The molecule has 1 fully saturated rings. The predicted molar refractivity (Wildman–Crippen MR) is 91.2 cm³/mol. The van der Waals surface area contributed by atoms with Gasteiger partial charge < -0.3 is 13.9 Å². The number of hydrogen-bond donors (Lipinski definition) is 0. The second kappa shape index (κ2) is 6.37. The van der Waals surface area contributed by atoms with Crippen LogP contribution in [0.1, 0.15) is 40.8 Å². The van der Waals surface area contributed by atoms with Gasteiger partial charge in [0, 0.05) is 24.2 Å². The molecule has 25 heavy (non-hydrogen) atoms. The van der Waals surface area contributed by atoms with E-state index in [-0.39, 0.29) is 17.6 Å². The first-order valence-electron chi connectivity index (χ1n) is 8.09. The van der Waals surface area contributed by atoms with Gasteiger partial charge in [-0.3, -0.25) is 4.79 Å². The summed E-state index contributed by atoms with van der Waals surface area (Å²) in [6.07, 6.45) is 1.75. The van der Waals surface area contributed by atoms with E-state index in [4.69, 9.17) is 20.6 Å². The van der Waals surface area contributed by atoms with E-state index < -0.39 is 0 Å². The van der Waals surface area contributed by atoms with Gasteiger partial charge in [0.25, 0.3) is 5.91 Å². The summed E-state index contributed by atoms with van der Waals surface area (Å²) in [6.45, 7) is 2.51. The summed E-state index contributed by atoms with van der Waals surface area (Å²) >= 11 is 6.18. The van der Waals surface area contributed by atoms with Crippen LogP contribution in [0.5, 0.6) is 0 Å². The topological polar surface area (TPSA) is 72.4 Å². The minimum atomic E-state index is -0.182. The zero-order valence-electron chi connectivity index (χ0n) is 13.6. The second-order valence-electron chi connectivity index (χ2n) is 6.08. The van der Waals surface area contributed by atoms with Gasteiger partial charge in [0.1, 0.15) is 0 Å². The van der Waals surface area contributed by atoms with E-state index >= 15 is 0 Å². The lowest BCUT2D eigenvalue weighted by molar-refractivity contribution is 0.0704. The number of carbonyl (C=O) groups is 1. The molecule has 0 aliphatic carbocycles. The molecule has 128 valence electrons. The first-order chi connectivity index (χ1) is 12.1. The van der Waals surface area contributed by atoms with Crippen LogP contribution >= 0.6 is 11.6 Å². The fourth-order valence-electron chi connectivity index (χ4n) is 3.16. The Hall–Kier alpha value is -2.60. The summed E-state index contributed by atoms with van der Waals surface area (Å²) in [7, 11) is 0. The summed E-state index contributed by atoms with van der Waals surface area (Å²) in [4.78, 5) is 14.6. The molecule has 0 radical (unpaired) electrons. The third kappa shape index (κ3) is 2.93. The lowest BCUT2D eigenvalue weighted by Crippen LogP contribution is -2.30. The number of aromatic nitrogens is 2. The number of benzene rings is 1. The van der Waals surface area contributed by atoms with Crippen LogP contribution in [0.15, 0.2) is 45.4 Å². The third-order valence-corrected chi connectivity index (χ3v) is 4.69. The molecule has 0 bridgehead atoms. The minimum Gasteiger partial charge on any atom is -0.359 e. The zero-order chi connectivity index (χ0) is 17.4. The molecule has 0 saturated carbocycles. The summed E-state index contributed by atoms with van der Waals surface area (Å²) in [5.74, 6) is 0.997. The summed E-state index contributed by atoms with van der Waals surface area (Å²) in [5, 5.41) is 8.41. The van der Waals surface area contributed by atoms with Gasteiger partial charge >= 0.3 is 0 Å². The van der Waals surface area contributed by atoms with Gasteiger partial charge in [0.2, 0.25) is 0 Å². The quantitative estimate of drug-likeness (QED) is 0.700. The number of hydrogen-bond acceptors (Lipinski definition) is 5. The number of likely N-dealkylation sites (tertiary alicyclic amines) is 1. The molecule has 7 heteroatoms. The first-order valence-corrected chi connectivity index (χ1v) is 8.47. The Morgan fingerprint density at radius 3 is 2.84 bits per heavy atom. The molecule has 1 saturated heterocycles. The van der Waals surface area contributed by atoms with Crippen molar-refractivity contribution >= 4 is 17.5 Å². The van der Waals surface area contributed by atoms with Crippen LogP contribution < -0.4 is 0 Å². The maximum atomic E-state index is 12.9. The van der Waals surface area contributed by atoms with Gasteiger partial charge in [-0.25, -0.2) is 0 Å². The predicted octanol–water partition coefficient (Wildman–Crippen LogP) is 4.27. The van der Waals surface area contributed by atoms with Gasteiger partial charge in [-0.15, -0.1) is 0 Å². The van der Waals surface area contributed by atoms with E-state index in [1.165, 1.54) is 0 Å². The lowest BCUT2D eigenvalue weighted by atomic mass is 10.1. The number of amides is 1. The van der Waals surface area contributed by atoms with Crippen molar-refractivity contribution in [3.63, 3.8) is 0 Å². The van der Waals surface area contributed by atoms with Crippen molar-refractivity contribution in [3.05, 3.63) is 58.6 Å². The Kier molecular flexibility index (Phi) is 4.05. The monoisotopic (exact) mass is 357 g/mol. The molecule has 2 aromatic heterocycles. The molecule has 1 atom stereocenters. The normalized spacial score (nSPS) is 17.2. The third-order valence-electron chi connectivity index (χ3n) is 4.36. The fourth-order valence-corrected chi connectivity index (χ4v) is 3.39. The highest BCUT2D eigenvalue weighted by atomic mass is 35.5. The van der Waals surface area contributed by atoms with Crippen LogP contribution in [0, 0.1) is 6.92 Å². The summed E-state index contributed by atoms with van der Waals surface area (Å²) < 4.78 is 10.7. The smallest absolute Gasteiger partial charge is 0.276 e. The summed E-state index contributed by atoms with van der Waals surface area (Å²) in [5.41, 5.74) is 1.77. The largest absolute Gasteiger partial charge is 0.359 e. The van der Waals surface area contributed by atoms with Crippen LogP contribution in [0.3, 0.4) is 0 Å². The molecule has 1 amide bonds. The molecule has 4 rings (SSSR count). The van der Waals surface area contributed by atoms with Crippen LogP contribution in [-0.4, -0.2) is 27.7 Å². The van der Waals surface area contributed by atoms with Crippen molar-refractivity contribution in [1.29, 1.82) is 0 Å². The summed E-state index contributed by atoms with van der Waals surface area (Å²) in [6, 6.07) is 10.7. The molecule has 0 N–H and O–H groups in total. The molecule has 3 aromatic rings. The van der Waals surface area contributed by atoms with Crippen molar-refractivity contribution in [2.75, 3.05) is 6.54 Å². The Labute approximate surface area is 149 Å². The lowest BCUT2D eigenvalue weighted by Gasteiger charge is -2.21. The maximum absolute atomic E-state index is 12.9. The van der Waals surface area contributed by atoms with E-state index in [0.29, 0.717) is 28.7 Å². The van der Waals surface area contributed by atoms with E-state index in [0.717, 1.165) is 18.5 Å². The SMILES string of the molecule is Cc1cc(C2CCCN2C(=O)c2cc(-c3ccccc3Cl)on2)on1. The van der Waals surface area contributed by atoms with E-state index in [2.05, 4.69) is 10.3 Å². The van der Waals surface area contributed by atoms with Crippen LogP contribution in [0.4, 0.5) is 0 Å². The number of rotatable bonds is 3. The van der Waals surface area contributed by atoms with E-state index in [9.17, 15) is 4.79 Å². The number of halogens is 1. The maximum Gasteiger partial charge on any atom is 0.276 e. The molecule has 1 unspecified atom stereocenters. The van der Waals surface area contributed by atoms with Gasteiger partial charge in [-0.1, -0.05) is 34.0 Å². The highest BCUT2D eigenvalue weighted by Crippen LogP contribution is 2.34. The number of carbonyl (C=O) groups excluding carboxylic acids is 1. The number of aryl methyl sites for hydroxylation is 1. The van der Waals surface area contributed by atoms with Gasteiger partial charge in [0.05, 0.1) is 16.8 Å². The van der Waals surface area contributed by atoms with Crippen molar-refractivity contribution in [3.8, 4) is 11.3 Å². The molecule has 1 aliphatic rings. The van der Waals surface area contributed by atoms with Crippen molar-refractivity contribution in [1.82, 2.24) is 15.2 Å². The molecule has 1 aliphatic heterocycles. The van der Waals surface area contributed by atoms with Crippen molar-refractivity contribution in [2.24, 2.45) is 0 Å². The molecule has 0 spiro atoms. The van der Waals surface area contributed by atoms with Crippen LogP contribution in [0.2, 0.25) is 5.02 Å².